The van der Waals surface area contributed by atoms with Crippen molar-refractivity contribution in [2.24, 2.45) is 0 Å². The molecule has 0 saturated heterocycles. The lowest BCUT2D eigenvalue weighted by Crippen LogP contribution is -1.95. The van der Waals surface area contributed by atoms with E-state index in [9.17, 15) is 0 Å². The molecular weight excluding hydrogens is 240 g/mol. The van der Waals surface area contributed by atoms with E-state index in [0.29, 0.717) is 13.0 Å². The normalized spacial score (nSPS) is 10.0. The van der Waals surface area contributed by atoms with Gasteiger partial charge in [-0.05, 0) is 28.8 Å². The van der Waals surface area contributed by atoms with Gasteiger partial charge in [-0.25, -0.2) is 0 Å². The maximum absolute atomic E-state index is 5.40. The van der Waals surface area contributed by atoms with Crippen molar-refractivity contribution in [3.05, 3.63) is 34.8 Å². The molecule has 2 heteroatoms. The zero-order valence-electron chi connectivity index (χ0n) is 7.74. The summed E-state index contributed by atoms with van der Waals surface area (Å²) in [7, 11) is 0. The highest BCUT2D eigenvalue weighted by molar-refractivity contribution is 9.11. The summed E-state index contributed by atoms with van der Waals surface area (Å²) in [6.07, 6.45) is 7.72. The van der Waals surface area contributed by atoms with Crippen LogP contribution in [-0.2, 0) is 0 Å². The van der Waals surface area contributed by atoms with Crippen molar-refractivity contribution in [1.29, 1.82) is 0 Å². The fourth-order valence-electron chi connectivity index (χ4n) is 0.976. The van der Waals surface area contributed by atoms with Gasteiger partial charge in [0, 0.05) is 6.42 Å². The van der Waals surface area contributed by atoms with E-state index in [2.05, 4.69) is 21.9 Å². The smallest absolute Gasteiger partial charge is 0.119 e. The molecule has 0 spiro atoms. The predicted molar refractivity (Wildman–Crippen MR) is 63.3 cm³/mol. The summed E-state index contributed by atoms with van der Waals surface area (Å²) < 4.78 is 5.40. The van der Waals surface area contributed by atoms with Crippen LogP contribution in [0.5, 0.6) is 5.75 Å². The molecular formula is C12H11BrO. The SMILES string of the molecule is C#CCCOc1ccc(/C=C/Br)cc1. The first-order valence-electron chi connectivity index (χ1n) is 4.30. The van der Waals surface area contributed by atoms with Crippen LogP contribution in [0.3, 0.4) is 0 Å². The topological polar surface area (TPSA) is 9.23 Å². The zero-order chi connectivity index (χ0) is 10.2. The number of rotatable bonds is 4. The first-order valence-corrected chi connectivity index (χ1v) is 5.21. The fraction of sp³-hybridized carbons (Fsp3) is 0.167. The van der Waals surface area contributed by atoms with Gasteiger partial charge < -0.3 is 4.74 Å². The molecule has 14 heavy (non-hydrogen) atoms. The highest BCUT2D eigenvalue weighted by Crippen LogP contribution is 2.13. The number of hydrogen-bond acceptors (Lipinski definition) is 1. The first-order chi connectivity index (χ1) is 6.86. The maximum Gasteiger partial charge on any atom is 0.119 e. The Morgan fingerprint density at radius 3 is 2.64 bits per heavy atom. The molecule has 0 aliphatic rings. The summed E-state index contributed by atoms with van der Waals surface area (Å²) in [6.45, 7) is 0.574. The fourth-order valence-corrected chi connectivity index (χ4v) is 1.28. The highest BCUT2D eigenvalue weighted by Gasteiger charge is 1.91. The van der Waals surface area contributed by atoms with Crippen LogP contribution < -0.4 is 4.74 Å². The number of ether oxygens (including phenoxy) is 1. The third kappa shape index (κ3) is 3.68. The third-order valence-electron chi connectivity index (χ3n) is 1.65. The summed E-state index contributed by atoms with van der Waals surface area (Å²) in [6, 6.07) is 7.84. The van der Waals surface area contributed by atoms with E-state index in [-0.39, 0.29) is 0 Å². The molecule has 0 atom stereocenters. The highest BCUT2D eigenvalue weighted by atomic mass is 79.9. The second-order valence-electron chi connectivity index (χ2n) is 2.66. The van der Waals surface area contributed by atoms with Gasteiger partial charge in [0.1, 0.15) is 5.75 Å². The predicted octanol–water partition coefficient (Wildman–Crippen LogP) is 3.45. The quantitative estimate of drug-likeness (QED) is 0.588. The van der Waals surface area contributed by atoms with Crippen LogP contribution in [0.2, 0.25) is 0 Å². The number of halogens is 1. The van der Waals surface area contributed by atoms with Gasteiger partial charge in [-0.3, -0.25) is 0 Å². The van der Waals surface area contributed by atoms with Gasteiger partial charge in [-0.15, -0.1) is 12.3 Å². The van der Waals surface area contributed by atoms with Crippen LogP contribution in [0, 0.1) is 12.3 Å². The van der Waals surface area contributed by atoms with E-state index in [1.807, 2.05) is 35.3 Å². The summed E-state index contributed by atoms with van der Waals surface area (Å²) in [4.78, 5) is 1.82. The number of hydrogen-bond donors (Lipinski definition) is 0. The molecule has 0 aliphatic heterocycles. The van der Waals surface area contributed by atoms with E-state index < -0.39 is 0 Å². The Labute approximate surface area is 92.9 Å². The lowest BCUT2D eigenvalue weighted by atomic mass is 10.2. The summed E-state index contributed by atoms with van der Waals surface area (Å²) >= 11 is 3.22. The van der Waals surface area contributed by atoms with Gasteiger partial charge in [0.2, 0.25) is 0 Å². The first kappa shape index (κ1) is 10.9. The lowest BCUT2D eigenvalue weighted by molar-refractivity contribution is 0.327. The molecule has 0 amide bonds. The van der Waals surface area contributed by atoms with Gasteiger partial charge in [-0.2, -0.15) is 0 Å². The average molecular weight is 251 g/mol. The summed E-state index contributed by atoms with van der Waals surface area (Å²) in [5.74, 6) is 3.38. The van der Waals surface area contributed by atoms with Crippen LogP contribution >= 0.6 is 15.9 Å². The van der Waals surface area contributed by atoms with Crippen molar-refractivity contribution in [1.82, 2.24) is 0 Å². The molecule has 1 aromatic carbocycles. The number of benzene rings is 1. The summed E-state index contributed by atoms with van der Waals surface area (Å²) in [5, 5.41) is 0. The van der Waals surface area contributed by atoms with E-state index in [1.54, 1.807) is 0 Å². The van der Waals surface area contributed by atoms with Crippen molar-refractivity contribution in [2.45, 2.75) is 6.42 Å². The second kappa shape index (κ2) is 6.28. The largest absolute Gasteiger partial charge is 0.493 e. The van der Waals surface area contributed by atoms with Gasteiger partial charge in [-0.1, -0.05) is 28.1 Å². The minimum atomic E-state index is 0.574. The minimum absolute atomic E-state index is 0.574. The van der Waals surface area contributed by atoms with Crippen molar-refractivity contribution in [2.75, 3.05) is 6.61 Å². The van der Waals surface area contributed by atoms with E-state index in [0.717, 1.165) is 11.3 Å². The van der Waals surface area contributed by atoms with Crippen molar-refractivity contribution >= 4 is 22.0 Å². The standard InChI is InChI=1S/C12H11BrO/c1-2-3-10-14-12-6-4-11(5-7-12)8-9-13/h1,4-9H,3,10H2/b9-8+. The molecule has 0 fully saturated rings. The molecule has 0 radical (unpaired) electrons. The average Bonchev–Trinajstić information content (AvgIpc) is 2.21. The molecule has 0 aromatic heterocycles. The monoisotopic (exact) mass is 250 g/mol. The van der Waals surface area contributed by atoms with Crippen molar-refractivity contribution in [3.63, 3.8) is 0 Å². The van der Waals surface area contributed by atoms with Crippen LogP contribution in [0.15, 0.2) is 29.3 Å². The Morgan fingerprint density at radius 1 is 1.36 bits per heavy atom. The van der Waals surface area contributed by atoms with Gasteiger partial charge in [0.05, 0.1) is 6.61 Å². The Balaban J connectivity index is 2.52. The molecule has 1 rings (SSSR count). The van der Waals surface area contributed by atoms with E-state index in [4.69, 9.17) is 11.2 Å². The molecule has 0 unspecified atom stereocenters. The van der Waals surface area contributed by atoms with Crippen LogP contribution in [0.4, 0.5) is 0 Å². The number of terminal acetylenes is 1. The molecule has 1 nitrogen and oxygen atoms in total. The molecule has 0 N–H and O–H groups in total. The van der Waals surface area contributed by atoms with Crippen molar-refractivity contribution in [3.8, 4) is 18.1 Å². The van der Waals surface area contributed by atoms with Crippen LogP contribution in [0.1, 0.15) is 12.0 Å². The second-order valence-corrected chi connectivity index (χ2v) is 3.19. The van der Waals surface area contributed by atoms with Crippen LogP contribution in [0.25, 0.3) is 6.08 Å². The Kier molecular flexibility index (Phi) is 4.88. The molecule has 0 saturated carbocycles. The minimum Gasteiger partial charge on any atom is -0.493 e. The van der Waals surface area contributed by atoms with Crippen LogP contribution in [-0.4, -0.2) is 6.61 Å². The molecule has 0 bridgehead atoms. The lowest BCUT2D eigenvalue weighted by Gasteiger charge is -2.03. The third-order valence-corrected chi connectivity index (χ3v) is 1.92. The Hall–Kier alpha value is -1.20. The van der Waals surface area contributed by atoms with Crippen molar-refractivity contribution < 1.29 is 4.74 Å². The molecule has 72 valence electrons. The molecule has 0 aliphatic carbocycles. The summed E-state index contributed by atoms with van der Waals surface area (Å²) in [5.41, 5.74) is 1.13. The van der Waals surface area contributed by atoms with E-state index >= 15 is 0 Å². The van der Waals surface area contributed by atoms with E-state index in [1.165, 1.54) is 0 Å². The zero-order valence-corrected chi connectivity index (χ0v) is 9.33. The van der Waals surface area contributed by atoms with Gasteiger partial charge in [0.15, 0.2) is 0 Å². The van der Waals surface area contributed by atoms with Gasteiger partial charge in [0.25, 0.3) is 0 Å². The van der Waals surface area contributed by atoms with Gasteiger partial charge >= 0.3 is 0 Å². The molecule has 0 heterocycles. The Bertz CT molecular complexity index is 332. The Morgan fingerprint density at radius 2 is 2.07 bits per heavy atom. The molecule has 1 aromatic rings. The maximum atomic E-state index is 5.40.